The SMILES string of the molecule is Clc1cnc2sc(Cc3ccccc3)c(C3=NCCN3)c2c1. The van der Waals surface area contributed by atoms with Crippen LogP contribution < -0.4 is 5.32 Å². The van der Waals surface area contributed by atoms with E-state index in [1.54, 1.807) is 17.5 Å². The van der Waals surface area contributed by atoms with Crippen molar-refractivity contribution in [2.75, 3.05) is 13.1 Å². The number of aliphatic imine (C=N–C) groups is 1. The highest BCUT2D eigenvalue weighted by Gasteiger charge is 2.20. The van der Waals surface area contributed by atoms with Crippen LogP contribution in [0, 0.1) is 0 Å². The van der Waals surface area contributed by atoms with E-state index in [9.17, 15) is 0 Å². The average molecular weight is 328 g/mol. The average Bonchev–Trinajstić information content (AvgIpc) is 3.15. The maximum Gasteiger partial charge on any atom is 0.130 e. The van der Waals surface area contributed by atoms with E-state index in [4.69, 9.17) is 11.6 Å². The zero-order valence-corrected chi connectivity index (χ0v) is 13.4. The van der Waals surface area contributed by atoms with Crippen LogP contribution in [0.3, 0.4) is 0 Å². The van der Waals surface area contributed by atoms with Gasteiger partial charge in [-0.25, -0.2) is 4.98 Å². The van der Waals surface area contributed by atoms with Crippen LogP contribution in [0.4, 0.5) is 0 Å². The Morgan fingerprint density at radius 2 is 2.09 bits per heavy atom. The van der Waals surface area contributed by atoms with Gasteiger partial charge in [-0.1, -0.05) is 41.9 Å². The second kappa shape index (κ2) is 5.71. The van der Waals surface area contributed by atoms with E-state index in [1.165, 1.54) is 10.4 Å². The molecule has 0 bridgehead atoms. The molecule has 22 heavy (non-hydrogen) atoms. The van der Waals surface area contributed by atoms with Gasteiger partial charge in [0.1, 0.15) is 10.7 Å². The molecule has 3 aromatic rings. The van der Waals surface area contributed by atoms with Crippen molar-refractivity contribution in [1.29, 1.82) is 0 Å². The molecule has 1 N–H and O–H groups in total. The van der Waals surface area contributed by atoms with Gasteiger partial charge in [0, 0.05) is 35.0 Å². The molecule has 1 aliphatic rings. The topological polar surface area (TPSA) is 37.3 Å². The van der Waals surface area contributed by atoms with Crippen LogP contribution in [0.2, 0.25) is 5.02 Å². The standard InChI is InChI=1S/C17H14ClN3S/c18-12-9-13-15(16-19-6-7-20-16)14(22-17(13)21-10-12)8-11-4-2-1-3-5-11/h1-5,9-10H,6-8H2,(H,19,20). The summed E-state index contributed by atoms with van der Waals surface area (Å²) in [5.41, 5.74) is 2.45. The van der Waals surface area contributed by atoms with Crippen LogP contribution in [0.15, 0.2) is 47.6 Å². The lowest BCUT2D eigenvalue weighted by molar-refractivity contribution is 0.960. The number of nitrogens with zero attached hydrogens (tertiary/aromatic N) is 2. The molecule has 3 heterocycles. The Bertz CT molecular complexity index is 855. The van der Waals surface area contributed by atoms with Gasteiger partial charge in [-0.3, -0.25) is 4.99 Å². The minimum atomic E-state index is 0.663. The summed E-state index contributed by atoms with van der Waals surface area (Å²) in [5, 5.41) is 5.14. The molecule has 1 aromatic carbocycles. The first kappa shape index (κ1) is 13.7. The number of aromatic nitrogens is 1. The molecule has 0 unspecified atom stereocenters. The van der Waals surface area contributed by atoms with Crippen molar-refractivity contribution in [2.24, 2.45) is 4.99 Å². The number of nitrogens with one attached hydrogen (secondary N) is 1. The predicted molar refractivity (Wildman–Crippen MR) is 93.3 cm³/mol. The molecule has 0 aliphatic carbocycles. The Labute approximate surface area is 137 Å². The molecule has 0 saturated carbocycles. The van der Waals surface area contributed by atoms with Crippen LogP contribution in [0.1, 0.15) is 16.0 Å². The fraction of sp³-hybridized carbons (Fsp3) is 0.176. The van der Waals surface area contributed by atoms with E-state index in [-0.39, 0.29) is 0 Å². The quantitative estimate of drug-likeness (QED) is 0.792. The largest absolute Gasteiger partial charge is 0.368 e. The summed E-state index contributed by atoms with van der Waals surface area (Å²) in [5.74, 6) is 0.973. The summed E-state index contributed by atoms with van der Waals surface area (Å²) in [6.45, 7) is 1.72. The second-order valence-corrected chi connectivity index (χ2v) is 6.75. The molecule has 0 spiro atoms. The van der Waals surface area contributed by atoms with Crippen LogP contribution in [-0.4, -0.2) is 23.9 Å². The Morgan fingerprint density at radius 1 is 1.23 bits per heavy atom. The molecule has 4 rings (SSSR count). The molecule has 1 aliphatic heterocycles. The van der Waals surface area contributed by atoms with Gasteiger partial charge in [-0.15, -0.1) is 11.3 Å². The molecule has 2 aromatic heterocycles. The minimum absolute atomic E-state index is 0.663. The lowest BCUT2D eigenvalue weighted by Crippen LogP contribution is -2.20. The summed E-state index contributed by atoms with van der Waals surface area (Å²) in [6, 6.07) is 12.5. The highest BCUT2D eigenvalue weighted by molar-refractivity contribution is 7.19. The number of pyridine rings is 1. The zero-order valence-electron chi connectivity index (χ0n) is 11.8. The molecule has 110 valence electrons. The van der Waals surface area contributed by atoms with Gasteiger partial charge < -0.3 is 5.32 Å². The summed E-state index contributed by atoms with van der Waals surface area (Å²) < 4.78 is 0. The van der Waals surface area contributed by atoms with Crippen molar-refractivity contribution in [3.63, 3.8) is 0 Å². The maximum atomic E-state index is 6.15. The summed E-state index contributed by atoms with van der Waals surface area (Å²) in [6.07, 6.45) is 2.59. The predicted octanol–water partition coefficient (Wildman–Crippen LogP) is 3.89. The van der Waals surface area contributed by atoms with Crippen molar-refractivity contribution >= 4 is 39.0 Å². The van der Waals surface area contributed by atoms with Crippen molar-refractivity contribution in [1.82, 2.24) is 10.3 Å². The third-order valence-corrected chi connectivity index (χ3v) is 5.02. The van der Waals surface area contributed by atoms with E-state index in [0.29, 0.717) is 5.02 Å². The lowest BCUT2D eigenvalue weighted by atomic mass is 10.1. The van der Waals surface area contributed by atoms with E-state index in [1.807, 2.05) is 12.1 Å². The summed E-state index contributed by atoms with van der Waals surface area (Å²) >= 11 is 7.87. The van der Waals surface area contributed by atoms with Crippen LogP contribution in [-0.2, 0) is 6.42 Å². The van der Waals surface area contributed by atoms with E-state index < -0.39 is 0 Å². The fourth-order valence-electron chi connectivity index (χ4n) is 2.74. The fourth-order valence-corrected chi connectivity index (χ4v) is 4.05. The summed E-state index contributed by atoms with van der Waals surface area (Å²) in [7, 11) is 0. The monoisotopic (exact) mass is 327 g/mol. The van der Waals surface area contributed by atoms with Crippen molar-refractivity contribution in [3.8, 4) is 0 Å². The van der Waals surface area contributed by atoms with Crippen LogP contribution in [0.25, 0.3) is 10.2 Å². The van der Waals surface area contributed by atoms with E-state index in [2.05, 4.69) is 39.6 Å². The first-order chi connectivity index (χ1) is 10.8. The molecule has 3 nitrogen and oxygen atoms in total. The number of rotatable bonds is 3. The van der Waals surface area contributed by atoms with Gasteiger partial charge >= 0.3 is 0 Å². The van der Waals surface area contributed by atoms with Gasteiger partial charge in [0.15, 0.2) is 0 Å². The van der Waals surface area contributed by atoms with Crippen molar-refractivity contribution < 1.29 is 0 Å². The van der Waals surface area contributed by atoms with Gasteiger partial charge in [0.25, 0.3) is 0 Å². The molecule has 0 atom stereocenters. The maximum absolute atomic E-state index is 6.15. The zero-order chi connectivity index (χ0) is 14.9. The summed E-state index contributed by atoms with van der Waals surface area (Å²) in [4.78, 5) is 11.4. The number of fused-ring (bicyclic) bond motifs is 1. The van der Waals surface area contributed by atoms with E-state index in [0.717, 1.165) is 41.1 Å². The molecule has 0 amide bonds. The Hall–Kier alpha value is -1.91. The third-order valence-electron chi connectivity index (χ3n) is 3.70. The smallest absolute Gasteiger partial charge is 0.130 e. The van der Waals surface area contributed by atoms with Crippen LogP contribution in [0.5, 0.6) is 0 Å². The first-order valence-electron chi connectivity index (χ1n) is 7.21. The van der Waals surface area contributed by atoms with Gasteiger partial charge in [0.2, 0.25) is 0 Å². The van der Waals surface area contributed by atoms with Gasteiger partial charge in [-0.05, 0) is 11.6 Å². The Balaban J connectivity index is 1.87. The number of thiophene rings is 1. The van der Waals surface area contributed by atoms with Crippen molar-refractivity contribution in [3.05, 3.63) is 63.6 Å². The number of benzene rings is 1. The molecule has 0 fully saturated rings. The van der Waals surface area contributed by atoms with Crippen molar-refractivity contribution in [2.45, 2.75) is 6.42 Å². The number of hydrogen-bond donors (Lipinski definition) is 1. The minimum Gasteiger partial charge on any atom is -0.368 e. The highest BCUT2D eigenvalue weighted by Crippen LogP contribution is 2.33. The van der Waals surface area contributed by atoms with Gasteiger partial charge in [0.05, 0.1) is 11.6 Å². The molecular formula is C17H14ClN3S. The highest BCUT2D eigenvalue weighted by atomic mass is 35.5. The molecular weight excluding hydrogens is 314 g/mol. The third kappa shape index (κ3) is 2.49. The van der Waals surface area contributed by atoms with Gasteiger partial charge in [-0.2, -0.15) is 0 Å². The van der Waals surface area contributed by atoms with Crippen LogP contribution >= 0.6 is 22.9 Å². The molecule has 5 heteroatoms. The number of hydrogen-bond acceptors (Lipinski definition) is 4. The first-order valence-corrected chi connectivity index (χ1v) is 8.40. The second-order valence-electron chi connectivity index (χ2n) is 5.23. The molecule has 0 saturated heterocycles. The number of amidine groups is 1. The Kier molecular flexibility index (Phi) is 3.56. The Morgan fingerprint density at radius 3 is 2.86 bits per heavy atom. The number of halogens is 1. The lowest BCUT2D eigenvalue weighted by Gasteiger charge is -2.06. The molecule has 0 radical (unpaired) electrons. The van der Waals surface area contributed by atoms with E-state index >= 15 is 0 Å². The normalized spacial score (nSPS) is 14.1.